The molecular weight excluding hydrogens is 218 g/mol. The van der Waals surface area contributed by atoms with E-state index in [1.165, 1.54) is 0 Å². The highest BCUT2D eigenvalue weighted by Crippen LogP contribution is 2.25. The molecule has 2 rings (SSSR count). The van der Waals surface area contributed by atoms with Gasteiger partial charge in [-0.1, -0.05) is 0 Å². The molecule has 0 bridgehead atoms. The molecule has 17 heavy (non-hydrogen) atoms. The number of aromatic amines is 1. The van der Waals surface area contributed by atoms with Gasteiger partial charge in [-0.3, -0.25) is 4.79 Å². The molecule has 2 heterocycles. The number of nitrogens with one attached hydrogen (secondary N) is 1. The topological polar surface area (TPSA) is 69.2 Å². The lowest BCUT2D eigenvalue weighted by atomic mass is 10.1. The van der Waals surface area contributed by atoms with Crippen LogP contribution in [0, 0.1) is 6.92 Å². The number of hydrogen-bond acceptors (Lipinski definition) is 4. The van der Waals surface area contributed by atoms with Crippen molar-refractivity contribution >= 4 is 5.82 Å². The first-order valence-corrected chi connectivity index (χ1v) is 6.16. The Morgan fingerprint density at radius 3 is 3.18 bits per heavy atom. The molecule has 5 nitrogen and oxygen atoms in total. The van der Waals surface area contributed by atoms with Crippen LogP contribution in [0.15, 0.2) is 10.9 Å². The smallest absolute Gasteiger partial charge is 0.252 e. The Balaban J connectivity index is 2.17. The van der Waals surface area contributed by atoms with Gasteiger partial charge in [-0.15, -0.1) is 0 Å². The third-order valence-electron chi connectivity index (χ3n) is 3.21. The van der Waals surface area contributed by atoms with Gasteiger partial charge in [-0.2, -0.15) is 0 Å². The van der Waals surface area contributed by atoms with Crippen LogP contribution >= 0.6 is 0 Å². The van der Waals surface area contributed by atoms with Crippen molar-refractivity contribution in [3.05, 3.63) is 22.2 Å². The molecule has 0 saturated carbocycles. The van der Waals surface area contributed by atoms with Crippen LogP contribution in [-0.4, -0.2) is 34.3 Å². The van der Waals surface area contributed by atoms with Gasteiger partial charge >= 0.3 is 0 Å². The van der Waals surface area contributed by atoms with Crippen molar-refractivity contribution in [1.29, 1.82) is 0 Å². The standard InChI is InChI=1S/C12H19N3O2/c1-9-13-11(8-12(17)14-9)15-6-2-4-10(15)5-3-7-16/h8,10,16H,2-7H2,1H3,(H,13,14,17). The number of H-pyrrole nitrogens is 1. The lowest BCUT2D eigenvalue weighted by Crippen LogP contribution is -2.31. The average Bonchev–Trinajstić information content (AvgIpc) is 2.73. The fourth-order valence-corrected chi connectivity index (χ4v) is 2.48. The Morgan fingerprint density at radius 2 is 2.47 bits per heavy atom. The van der Waals surface area contributed by atoms with Gasteiger partial charge in [0.15, 0.2) is 0 Å². The predicted molar refractivity (Wildman–Crippen MR) is 66.3 cm³/mol. The van der Waals surface area contributed by atoms with Crippen LogP contribution < -0.4 is 10.5 Å². The normalized spacial score (nSPS) is 19.9. The number of aryl methyl sites for hydroxylation is 1. The van der Waals surface area contributed by atoms with Crippen molar-refractivity contribution in [2.24, 2.45) is 0 Å². The summed E-state index contributed by atoms with van der Waals surface area (Å²) in [4.78, 5) is 20.7. The van der Waals surface area contributed by atoms with Crippen molar-refractivity contribution in [3.8, 4) is 0 Å². The van der Waals surface area contributed by atoms with Crippen LogP contribution in [0.1, 0.15) is 31.5 Å². The summed E-state index contributed by atoms with van der Waals surface area (Å²) >= 11 is 0. The van der Waals surface area contributed by atoms with Crippen molar-refractivity contribution in [1.82, 2.24) is 9.97 Å². The number of nitrogens with zero attached hydrogens (tertiary/aromatic N) is 2. The van der Waals surface area contributed by atoms with Gasteiger partial charge in [0, 0.05) is 25.3 Å². The number of hydrogen-bond donors (Lipinski definition) is 2. The fraction of sp³-hybridized carbons (Fsp3) is 0.667. The summed E-state index contributed by atoms with van der Waals surface area (Å²) in [6.07, 6.45) is 4.02. The van der Waals surface area contributed by atoms with Gasteiger partial charge < -0.3 is 15.0 Å². The highest BCUT2D eigenvalue weighted by atomic mass is 16.2. The highest BCUT2D eigenvalue weighted by Gasteiger charge is 2.25. The van der Waals surface area contributed by atoms with E-state index in [2.05, 4.69) is 14.9 Å². The third kappa shape index (κ3) is 2.85. The Hall–Kier alpha value is -1.36. The number of aromatic nitrogens is 2. The molecule has 1 saturated heterocycles. The zero-order valence-corrected chi connectivity index (χ0v) is 10.1. The van der Waals surface area contributed by atoms with Crippen molar-refractivity contribution in [2.75, 3.05) is 18.1 Å². The molecular formula is C12H19N3O2. The summed E-state index contributed by atoms with van der Waals surface area (Å²) in [5, 5.41) is 8.88. The van der Waals surface area contributed by atoms with E-state index in [9.17, 15) is 4.79 Å². The first kappa shape index (κ1) is 12.1. The predicted octanol–water partition coefficient (Wildman–Crippen LogP) is 0.820. The van der Waals surface area contributed by atoms with Crippen LogP contribution in [0.25, 0.3) is 0 Å². The van der Waals surface area contributed by atoms with Crippen LogP contribution in [0.3, 0.4) is 0 Å². The minimum Gasteiger partial charge on any atom is -0.396 e. The first-order chi connectivity index (χ1) is 8.20. The summed E-state index contributed by atoms with van der Waals surface area (Å²) in [5.41, 5.74) is -0.0969. The molecule has 5 heteroatoms. The second kappa shape index (κ2) is 5.31. The molecule has 1 aromatic heterocycles. The molecule has 1 aliphatic heterocycles. The second-order valence-corrected chi connectivity index (χ2v) is 4.54. The maximum absolute atomic E-state index is 11.4. The maximum Gasteiger partial charge on any atom is 0.252 e. The van der Waals surface area contributed by atoms with Crippen LogP contribution in [0.2, 0.25) is 0 Å². The molecule has 0 aromatic carbocycles. The van der Waals surface area contributed by atoms with E-state index in [4.69, 9.17) is 5.11 Å². The Morgan fingerprint density at radius 1 is 1.65 bits per heavy atom. The largest absolute Gasteiger partial charge is 0.396 e. The summed E-state index contributed by atoms with van der Waals surface area (Å²) in [7, 11) is 0. The van der Waals surface area contributed by atoms with Crippen LogP contribution in [-0.2, 0) is 0 Å². The van der Waals surface area contributed by atoms with E-state index >= 15 is 0 Å². The molecule has 0 radical (unpaired) electrons. The molecule has 0 aliphatic carbocycles. The lowest BCUT2D eigenvalue weighted by Gasteiger charge is -2.25. The minimum atomic E-state index is -0.0969. The maximum atomic E-state index is 11.4. The number of aliphatic hydroxyl groups excluding tert-OH is 1. The van der Waals surface area contributed by atoms with Crippen molar-refractivity contribution < 1.29 is 5.11 Å². The third-order valence-corrected chi connectivity index (χ3v) is 3.21. The lowest BCUT2D eigenvalue weighted by molar-refractivity contribution is 0.279. The SMILES string of the molecule is Cc1nc(N2CCCC2CCCO)cc(=O)[nH]1. The number of anilines is 1. The number of aliphatic hydroxyl groups is 1. The fourth-order valence-electron chi connectivity index (χ4n) is 2.48. The Labute approximate surface area is 100 Å². The Bertz CT molecular complexity index is 430. The number of rotatable bonds is 4. The van der Waals surface area contributed by atoms with Gasteiger partial charge in [0.05, 0.1) is 0 Å². The van der Waals surface area contributed by atoms with E-state index in [1.807, 2.05) is 0 Å². The van der Waals surface area contributed by atoms with Gasteiger partial charge in [-0.05, 0) is 32.6 Å². The first-order valence-electron chi connectivity index (χ1n) is 6.16. The van der Waals surface area contributed by atoms with E-state index in [1.54, 1.807) is 13.0 Å². The average molecular weight is 237 g/mol. The highest BCUT2D eigenvalue weighted by molar-refractivity contribution is 5.40. The van der Waals surface area contributed by atoms with E-state index in [0.29, 0.717) is 11.9 Å². The van der Waals surface area contributed by atoms with Gasteiger partial charge in [0.2, 0.25) is 0 Å². The molecule has 0 spiro atoms. The second-order valence-electron chi connectivity index (χ2n) is 4.54. The molecule has 94 valence electrons. The molecule has 1 aromatic rings. The molecule has 1 unspecified atom stereocenters. The van der Waals surface area contributed by atoms with Gasteiger partial charge in [0.1, 0.15) is 11.6 Å². The zero-order valence-electron chi connectivity index (χ0n) is 10.1. The summed E-state index contributed by atoms with van der Waals surface area (Å²) in [6.45, 7) is 2.97. The molecule has 2 N–H and O–H groups in total. The van der Waals surface area contributed by atoms with Gasteiger partial charge in [-0.25, -0.2) is 4.98 Å². The summed E-state index contributed by atoms with van der Waals surface area (Å²) in [6, 6.07) is 1.97. The van der Waals surface area contributed by atoms with E-state index in [0.717, 1.165) is 38.0 Å². The molecule has 1 fully saturated rings. The monoisotopic (exact) mass is 237 g/mol. The zero-order chi connectivity index (χ0) is 12.3. The van der Waals surface area contributed by atoms with Crippen LogP contribution in [0.5, 0.6) is 0 Å². The van der Waals surface area contributed by atoms with Gasteiger partial charge in [0.25, 0.3) is 5.56 Å². The Kier molecular flexibility index (Phi) is 3.78. The quantitative estimate of drug-likeness (QED) is 0.813. The summed E-state index contributed by atoms with van der Waals surface area (Å²) in [5.74, 6) is 1.42. The van der Waals surface area contributed by atoms with Crippen LogP contribution in [0.4, 0.5) is 5.82 Å². The van der Waals surface area contributed by atoms with Crippen molar-refractivity contribution in [3.63, 3.8) is 0 Å². The van der Waals surface area contributed by atoms with E-state index < -0.39 is 0 Å². The van der Waals surface area contributed by atoms with E-state index in [-0.39, 0.29) is 12.2 Å². The minimum absolute atomic E-state index is 0.0969. The molecule has 1 aliphatic rings. The summed E-state index contributed by atoms with van der Waals surface area (Å²) < 4.78 is 0. The molecule has 1 atom stereocenters. The van der Waals surface area contributed by atoms with Crippen molar-refractivity contribution in [2.45, 2.75) is 38.6 Å². The molecule has 0 amide bonds.